The number of carbonyl (C=O) groups is 1. The maximum absolute atomic E-state index is 12.4. The number of likely N-dealkylation sites (tertiary alicyclic amines) is 1. The summed E-state index contributed by atoms with van der Waals surface area (Å²) in [4.78, 5) is 33.3. The number of nitrogens with zero attached hydrogens (tertiary/aromatic N) is 5. The quantitative estimate of drug-likeness (QED) is 0.742. The monoisotopic (exact) mass is 386 g/mol. The summed E-state index contributed by atoms with van der Waals surface area (Å²) in [5, 5.41) is 8.71. The largest absolute Gasteiger partial charge is 0.343 e. The van der Waals surface area contributed by atoms with Crippen LogP contribution in [0.2, 0.25) is 5.02 Å². The Kier molecular flexibility index (Phi) is 4.65. The molecule has 0 unspecified atom stereocenters. The summed E-state index contributed by atoms with van der Waals surface area (Å²) in [6.45, 7) is 3.34. The van der Waals surface area contributed by atoms with E-state index < -0.39 is 0 Å². The molecule has 0 bridgehead atoms. The maximum atomic E-state index is 12.4. The summed E-state index contributed by atoms with van der Waals surface area (Å²) < 4.78 is 1.62. The Morgan fingerprint density at radius 2 is 2.11 bits per heavy atom. The lowest BCUT2D eigenvalue weighted by Crippen LogP contribution is -2.37. The fraction of sp³-hybridized carbons (Fsp3) is 0.389. The zero-order valence-corrected chi connectivity index (χ0v) is 15.6. The lowest BCUT2D eigenvalue weighted by atomic mass is 9.96. The number of aromatic nitrogens is 5. The van der Waals surface area contributed by atoms with E-state index in [-0.39, 0.29) is 22.9 Å². The van der Waals surface area contributed by atoms with Crippen molar-refractivity contribution < 1.29 is 4.79 Å². The zero-order valence-electron chi connectivity index (χ0n) is 14.9. The van der Waals surface area contributed by atoms with E-state index in [4.69, 9.17) is 11.6 Å². The van der Waals surface area contributed by atoms with Crippen LogP contribution in [0.4, 0.5) is 0 Å². The summed E-state index contributed by atoms with van der Waals surface area (Å²) >= 11 is 6.05. The second kappa shape index (κ2) is 7.11. The molecule has 9 heteroatoms. The normalized spacial score (nSPS) is 15.4. The number of benzene rings is 1. The molecule has 1 aliphatic heterocycles. The number of rotatable bonds is 3. The van der Waals surface area contributed by atoms with Crippen LogP contribution >= 0.6 is 11.6 Å². The van der Waals surface area contributed by atoms with Gasteiger partial charge in [0.25, 0.3) is 5.56 Å². The molecule has 0 radical (unpaired) electrons. The maximum Gasteiger partial charge on any atom is 0.281 e. The molecule has 3 heterocycles. The van der Waals surface area contributed by atoms with Gasteiger partial charge in [0.1, 0.15) is 5.82 Å². The van der Waals surface area contributed by atoms with Crippen LogP contribution in [-0.4, -0.2) is 48.9 Å². The van der Waals surface area contributed by atoms with E-state index in [9.17, 15) is 9.59 Å². The van der Waals surface area contributed by atoms with Crippen LogP contribution in [0.5, 0.6) is 0 Å². The topological polar surface area (TPSA) is 96.8 Å². The minimum atomic E-state index is -0.290. The minimum absolute atomic E-state index is 0.0779. The van der Waals surface area contributed by atoms with Crippen LogP contribution in [0.3, 0.4) is 0 Å². The lowest BCUT2D eigenvalue weighted by molar-refractivity contribution is -0.129. The Labute approximate surface area is 160 Å². The number of aromatic amines is 1. The molecule has 1 aliphatic rings. The SMILES string of the molecule is CC(=O)N1CCC(c2nc3c(nnn3Cc3cccc(Cl)c3)c(=O)[nH]2)CC1. The summed E-state index contributed by atoms with van der Waals surface area (Å²) in [5.41, 5.74) is 1.35. The number of halogens is 1. The number of hydrogen-bond acceptors (Lipinski definition) is 5. The molecule has 4 rings (SSSR count). The van der Waals surface area contributed by atoms with E-state index in [1.165, 1.54) is 0 Å². The Hall–Kier alpha value is -2.74. The Balaban J connectivity index is 1.64. The second-order valence-electron chi connectivity index (χ2n) is 6.78. The first kappa shape index (κ1) is 17.7. The molecule has 27 heavy (non-hydrogen) atoms. The van der Waals surface area contributed by atoms with Crippen molar-refractivity contribution in [3.63, 3.8) is 0 Å². The number of fused-ring (bicyclic) bond motifs is 1. The molecular formula is C18H19ClN6O2. The Bertz CT molecular complexity index is 1050. The van der Waals surface area contributed by atoms with E-state index in [2.05, 4.69) is 20.3 Å². The first-order chi connectivity index (χ1) is 13.0. The van der Waals surface area contributed by atoms with E-state index in [1.54, 1.807) is 17.7 Å². The molecule has 1 amide bonds. The number of nitrogens with one attached hydrogen (secondary N) is 1. The minimum Gasteiger partial charge on any atom is -0.343 e. The highest BCUT2D eigenvalue weighted by molar-refractivity contribution is 6.30. The third-order valence-corrected chi connectivity index (χ3v) is 5.18. The van der Waals surface area contributed by atoms with Crippen molar-refractivity contribution in [1.82, 2.24) is 29.9 Å². The molecule has 2 aromatic heterocycles. The van der Waals surface area contributed by atoms with Crippen molar-refractivity contribution in [3.05, 3.63) is 51.0 Å². The molecule has 0 atom stereocenters. The summed E-state index contributed by atoms with van der Waals surface area (Å²) in [5.74, 6) is 0.812. The molecule has 140 valence electrons. The van der Waals surface area contributed by atoms with Gasteiger partial charge in [-0.1, -0.05) is 28.9 Å². The highest BCUT2D eigenvalue weighted by Gasteiger charge is 2.25. The highest BCUT2D eigenvalue weighted by atomic mass is 35.5. The Morgan fingerprint density at radius 3 is 2.81 bits per heavy atom. The van der Waals surface area contributed by atoms with Gasteiger partial charge in [-0.05, 0) is 30.5 Å². The molecule has 1 N–H and O–H groups in total. The van der Waals surface area contributed by atoms with Crippen molar-refractivity contribution in [2.45, 2.75) is 32.2 Å². The van der Waals surface area contributed by atoms with Crippen LogP contribution in [-0.2, 0) is 11.3 Å². The van der Waals surface area contributed by atoms with Crippen molar-refractivity contribution in [2.24, 2.45) is 0 Å². The fourth-order valence-electron chi connectivity index (χ4n) is 3.46. The van der Waals surface area contributed by atoms with Crippen LogP contribution in [0.15, 0.2) is 29.1 Å². The molecule has 1 aromatic carbocycles. The van der Waals surface area contributed by atoms with Crippen molar-refractivity contribution in [2.75, 3.05) is 13.1 Å². The van der Waals surface area contributed by atoms with Crippen LogP contribution in [0, 0.1) is 0 Å². The van der Waals surface area contributed by atoms with E-state index >= 15 is 0 Å². The van der Waals surface area contributed by atoms with Gasteiger partial charge in [0, 0.05) is 31.0 Å². The predicted octanol–water partition coefficient (Wildman–Crippen LogP) is 1.94. The van der Waals surface area contributed by atoms with Gasteiger partial charge < -0.3 is 9.88 Å². The standard InChI is InChI=1S/C18H19ClN6O2/c1-11(26)24-7-5-13(6-8-24)16-20-17-15(18(27)21-16)22-23-25(17)10-12-3-2-4-14(19)9-12/h2-4,9,13H,5-8,10H2,1H3,(H,20,21,27). The molecule has 1 fully saturated rings. The summed E-state index contributed by atoms with van der Waals surface area (Å²) in [6, 6.07) is 7.45. The molecule has 1 saturated heterocycles. The number of H-pyrrole nitrogens is 1. The highest BCUT2D eigenvalue weighted by Crippen LogP contribution is 2.25. The molecule has 0 saturated carbocycles. The third kappa shape index (κ3) is 3.57. The number of carbonyl (C=O) groups excluding carboxylic acids is 1. The van der Waals surface area contributed by atoms with Gasteiger partial charge in [-0.25, -0.2) is 9.67 Å². The van der Waals surface area contributed by atoms with Crippen molar-refractivity contribution in [1.29, 1.82) is 0 Å². The van der Waals surface area contributed by atoms with Crippen molar-refractivity contribution in [3.8, 4) is 0 Å². The lowest BCUT2D eigenvalue weighted by Gasteiger charge is -2.30. The van der Waals surface area contributed by atoms with Crippen LogP contribution in [0.25, 0.3) is 11.2 Å². The fourth-order valence-corrected chi connectivity index (χ4v) is 3.67. The molecular weight excluding hydrogens is 368 g/mol. The van der Waals surface area contributed by atoms with Crippen molar-refractivity contribution >= 4 is 28.7 Å². The van der Waals surface area contributed by atoms with Gasteiger partial charge in [-0.2, -0.15) is 0 Å². The van der Waals surface area contributed by atoms with Crippen LogP contribution < -0.4 is 5.56 Å². The van der Waals surface area contributed by atoms with Gasteiger partial charge in [-0.15, -0.1) is 5.10 Å². The second-order valence-corrected chi connectivity index (χ2v) is 7.22. The number of piperidine rings is 1. The third-order valence-electron chi connectivity index (χ3n) is 4.94. The Morgan fingerprint density at radius 1 is 1.33 bits per heavy atom. The average Bonchev–Trinajstić information content (AvgIpc) is 3.05. The van der Waals surface area contributed by atoms with Crippen LogP contribution in [0.1, 0.15) is 37.1 Å². The molecule has 0 aliphatic carbocycles. The van der Waals surface area contributed by atoms with Gasteiger partial charge in [0.05, 0.1) is 6.54 Å². The summed E-state index contributed by atoms with van der Waals surface area (Å²) in [7, 11) is 0. The van der Waals surface area contributed by atoms with Gasteiger partial charge >= 0.3 is 0 Å². The van der Waals surface area contributed by atoms with Gasteiger partial charge in [0.15, 0.2) is 11.2 Å². The molecule has 3 aromatic rings. The number of amides is 1. The van der Waals surface area contributed by atoms with E-state index in [0.29, 0.717) is 36.1 Å². The number of hydrogen-bond donors (Lipinski definition) is 1. The summed E-state index contributed by atoms with van der Waals surface area (Å²) in [6.07, 6.45) is 1.54. The smallest absolute Gasteiger partial charge is 0.281 e. The molecule has 8 nitrogen and oxygen atoms in total. The van der Waals surface area contributed by atoms with Gasteiger partial charge in [0.2, 0.25) is 5.91 Å². The zero-order chi connectivity index (χ0) is 19.0. The van der Waals surface area contributed by atoms with E-state index in [1.807, 2.05) is 23.1 Å². The average molecular weight is 387 g/mol. The first-order valence-electron chi connectivity index (χ1n) is 8.84. The molecule has 0 spiro atoms. The first-order valence-corrected chi connectivity index (χ1v) is 9.22. The van der Waals surface area contributed by atoms with Gasteiger partial charge in [-0.3, -0.25) is 9.59 Å². The predicted molar refractivity (Wildman–Crippen MR) is 101 cm³/mol. The van der Waals surface area contributed by atoms with E-state index in [0.717, 1.165) is 18.4 Å².